The third-order valence-electron chi connectivity index (χ3n) is 4.23. The minimum Gasteiger partial charge on any atom is -0.450 e. The van der Waals surface area contributed by atoms with Gasteiger partial charge in [0, 0.05) is 34.8 Å². The predicted octanol–water partition coefficient (Wildman–Crippen LogP) is 3.74. The molecule has 1 aromatic carbocycles. The molecule has 0 atom stereocenters. The highest BCUT2D eigenvalue weighted by atomic mass is 35.5. The van der Waals surface area contributed by atoms with Gasteiger partial charge in [-0.1, -0.05) is 23.7 Å². The highest BCUT2D eigenvalue weighted by Gasteiger charge is 2.21. The van der Waals surface area contributed by atoms with E-state index in [1.54, 1.807) is 24.0 Å². The molecular formula is C18H19ClN2O3. The molecule has 24 heavy (non-hydrogen) atoms. The lowest BCUT2D eigenvalue weighted by Gasteiger charge is -2.26. The van der Waals surface area contributed by atoms with Gasteiger partial charge in [0.2, 0.25) is 0 Å². The van der Waals surface area contributed by atoms with E-state index in [2.05, 4.69) is 4.98 Å². The number of hydrogen-bond donors (Lipinski definition) is 1. The molecular weight excluding hydrogens is 328 g/mol. The van der Waals surface area contributed by atoms with Gasteiger partial charge in [-0.3, -0.25) is 4.79 Å². The van der Waals surface area contributed by atoms with Crippen molar-refractivity contribution in [3.8, 4) is 0 Å². The maximum absolute atomic E-state index is 12.2. The van der Waals surface area contributed by atoms with Gasteiger partial charge in [-0.25, -0.2) is 4.79 Å². The lowest BCUT2D eigenvalue weighted by atomic mass is 9.93. The molecule has 1 aromatic heterocycles. The molecule has 0 fully saturated rings. The number of H-pyrrole nitrogens is 1. The van der Waals surface area contributed by atoms with Crippen molar-refractivity contribution in [3.05, 3.63) is 50.9 Å². The molecule has 0 saturated heterocycles. The normalized spacial score (nSPS) is 14.6. The quantitative estimate of drug-likeness (QED) is 0.901. The number of ether oxygens (including phenoxy) is 1. The number of hydrogen-bond acceptors (Lipinski definition) is 3. The molecule has 0 saturated carbocycles. The van der Waals surface area contributed by atoms with Crippen LogP contribution in [-0.4, -0.2) is 35.7 Å². The summed E-state index contributed by atoms with van der Waals surface area (Å²) in [5.74, 6) is 0. The molecule has 3 rings (SSSR count). The Morgan fingerprint density at radius 1 is 1.38 bits per heavy atom. The van der Waals surface area contributed by atoms with Crippen LogP contribution in [0.2, 0.25) is 5.02 Å². The third kappa shape index (κ3) is 3.04. The van der Waals surface area contributed by atoms with Gasteiger partial charge in [-0.05, 0) is 43.4 Å². The van der Waals surface area contributed by atoms with E-state index in [4.69, 9.17) is 16.3 Å². The van der Waals surface area contributed by atoms with E-state index in [9.17, 15) is 9.59 Å². The Kier molecular flexibility index (Phi) is 4.62. The smallest absolute Gasteiger partial charge is 0.410 e. The molecule has 126 valence electrons. The van der Waals surface area contributed by atoms with Gasteiger partial charge in [0.1, 0.15) is 0 Å². The number of halogens is 1. The van der Waals surface area contributed by atoms with Crippen molar-refractivity contribution in [1.29, 1.82) is 0 Å². The second-order valence-electron chi connectivity index (χ2n) is 5.77. The van der Waals surface area contributed by atoms with Gasteiger partial charge >= 0.3 is 6.09 Å². The summed E-state index contributed by atoms with van der Waals surface area (Å²) >= 11 is 6.03. The summed E-state index contributed by atoms with van der Waals surface area (Å²) in [5.41, 5.74) is 2.82. The second-order valence-corrected chi connectivity index (χ2v) is 6.20. The molecule has 0 bridgehead atoms. The highest BCUT2D eigenvalue weighted by molar-refractivity contribution is 6.31. The molecule has 2 aromatic rings. The van der Waals surface area contributed by atoms with Crippen molar-refractivity contribution < 1.29 is 9.53 Å². The number of nitrogens with zero attached hydrogens (tertiary/aromatic N) is 1. The predicted molar refractivity (Wildman–Crippen MR) is 95.5 cm³/mol. The van der Waals surface area contributed by atoms with E-state index in [-0.39, 0.29) is 11.7 Å². The Hall–Kier alpha value is -2.27. The lowest BCUT2D eigenvalue weighted by Crippen LogP contribution is -2.35. The van der Waals surface area contributed by atoms with Crippen LogP contribution in [0, 0.1) is 6.92 Å². The first-order valence-corrected chi connectivity index (χ1v) is 8.32. The topological polar surface area (TPSA) is 62.4 Å². The van der Waals surface area contributed by atoms with Crippen molar-refractivity contribution >= 4 is 34.0 Å². The Morgan fingerprint density at radius 2 is 2.17 bits per heavy atom. The number of carbonyl (C=O) groups excluding carboxylic acids is 1. The first-order chi connectivity index (χ1) is 11.5. The fourth-order valence-corrected chi connectivity index (χ4v) is 3.29. The molecule has 0 radical (unpaired) electrons. The van der Waals surface area contributed by atoms with Crippen LogP contribution >= 0.6 is 11.6 Å². The van der Waals surface area contributed by atoms with E-state index in [0.29, 0.717) is 36.5 Å². The Bertz CT molecular complexity index is 886. The number of carbonyl (C=O) groups is 1. The van der Waals surface area contributed by atoms with E-state index in [1.165, 1.54) is 0 Å². The lowest BCUT2D eigenvalue weighted by molar-refractivity contribution is 0.111. The number of amides is 1. The van der Waals surface area contributed by atoms with Crippen LogP contribution in [0.5, 0.6) is 0 Å². The number of aryl methyl sites for hydroxylation is 1. The first-order valence-electron chi connectivity index (χ1n) is 7.94. The molecule has 1 aliphatic rings. The van der Waals surface area contributed by atoms with Crippen molar-refractivity contribution in [2.75, 3.05) is 19.7 Å². The minimum atomic E-state index is -0.289. The van der Waals surface area contributed by atoms with E-state index in [1.807, 2.05) is 19.1 Å². The van der Waals surface area contributed by atoms with Gasteiger partial charge in [0.25, 0.3) is 5.56 Å². The molecule has 1 N–H and O–H groups in total. The first kappa shape index (κ1) is 16.6. The summed E-state index contributed by atoms with van der Waals surface area (Å²) in [5, 5.41) is 2.00. The Balaban J connectivity index is 2.02. The SMILES string of the molecule is CCOC(=O)N1CC=C(c2c(C)[nH]c(=O)c3cc(Cl)ccc23)CC1. The maximum Gasteiger partial charge on any atom is 0.410 e. The average molecular weight is 347 g/mol. The van der Waals surface area contributed by atoms with Crippen LogP contribution in [0.25, 0.3) is 16.3 Å². The van der Waals surface area contributed by atoms with Gasteiger partial charge in [0.15, 0.2) is 0 Å². The number of nitrogens with one attached hydrogen (secondary N) is 1. The monoisotopic (exact) mass is 346 g/mol. The second kappa shape index (κ2) is 6.69. The van der Waals surface area contributed by atoms with Crippen molar-refractivity contribution in [1.82, 2.24) is 9.88 Å². The maximum atomic E-state index is 12.2. The van der Waals surface area contributed by atoms with Gasteiger partial charge < -0.3 is 14.6 Å². The number of aromatic amines is 1. The molecule has 0 unspecified atom stereocenters. The number of rotatable bonds is 2. The summed E-state index contributed by atoms with van der Waals surface area (Å²) in [6, 6.07) is 5.36. The third-order valence-corrected chi connectivity index (χ3v) is 4.46. The molecule has 1 amide bonds. The fraction of sp³-hybridized carbons (Fsp3) is 0.333. The molecule has 5 nitrogen and oxygen atoms in total. The fourth-order valence-electron chi connectivity index (χ4n) is 3.12. The standard InChI is InChI=1S/C18H19ClN2O3/c1-3-24-18(23)21-8-6-12(7-9-21)16-11(2)20-17(22)15-10-13(19)4-5-14(15)16/h4-6,10H,3,7-9H2,1-2H3,(H,20,22). The zero-order chi connectivity index (χ0) is 17.3. The van der Waals surface area contributed by atoms with Crippen molar-refractivity contribution in [2.45, 2.75) is 20.3 Å². The number of aromatic nitrogens is 1. The average Bonchev–Trinajstić information content (AvgIpc) is 2.56. The van der Waals surface area contributed by atoms with E-state index < -0.39 is 0 Å². The molecule has 0 spiro atoms. The molecule has 2 heterocycles. The summed E-state index contributed by atoms with van der Waals surface area (Å²) in [4.78, 5) is 28.6. The minimum absolute atomic E-state index is 0.140. The summed E-state index contributed by atoms with van der Waals surface area (Å²) in [7, 11) is 0. The Labute approximate surface area is 144 Å². The van der Waals surface area contributed by atoms with Gasteiger partial charge in [-0.15, -0.1) is 0 Å². The molecule has 6 heteroatoms. The number of pyridine rings is 1. The summed E-state index contributed by atoms with van der Waals surface area (Å²) in [6.45, 7) is 5.16. The Morgan fingerprint density at radius 3 is 2.83 bits per heavy atom. The van der Waals surface area contributed by atoms with Crippen LogP contribution in [0.3, 0.4) is 0 Å². The van der Waals surface area contributed by atoms with Crippen molar-refractivity contribution in [2.24, 2.45) is 0 Å². The van der Waals surface area contributed by atoms with Crippen molar-refractivity contribution in [3.63, 3.8) is 0 Å². The summed E-state index contributed by atoms with van der Waals surface area (Å²) < 4.78 is 5.04. The van der Waals surface area contributed by atoms with E-state index in [0.717, 1.165) is 22.2 Å². The highest BCUT2D eigenvalue weighted by Crippen LogP contribution is 2.31. The van der Waals surface area contributed by atoms with Crippen LogP contribution in [0.15, 0.2) is 29.1 Å². The molecule has 0 aliphatic carbocycles. The van der Waals surface area contributed by atoms with Crippen LogP contribution in [0.1, 0.15) is 24.6 Å². The summed E-state index contributed by atoms with van der Waals surface area (Å²) in [6.07, 6.45) is 2.45. The number of benzene rings is 1. The largest absolute Gasteiger partial charge is 0.450 e. The van der Waals surface area contributed by atoms with Crippen LogP contribution in [-0.2, 0) is 4.74 Å². The number of fused-ring (bicyclic) bond motifs is 1. The van der Waals surface area contributed by atoms with Gasteiger partial charge in [0.05, 0.1) is 6.61 Å². The van der Waals surface area contributed by atoms with Gasteiger partial charge in [-0.2, -0.15) is 0 Å². The zero-order valence-corrected chi connectivity index (χ0v) is 14.4. The van der Waals surface area contributed by atoms with Crippen LogP contribution in [0.4, 0.5) is 4.79 Å². The zero-order valence-electron chi connectivity index (χ0n) is 13.7. The van der Waals surface area contributed by atoms with E-state index >= 15 is 0 Å². The van der Waals surface area contributed by atoms with Crippen LogP contribution < -0.4 is 5.56 Å². The molecule has 1 aliphatic heterocycles.